The van der Waals surface area contributed by atoms with Gasteiger partial charge in [-0.15, -0.1) is 22.0 Å². The van der Waals surface area contributed by atoms with E-state index in [0.717, 1.165) is 23.6 Å². The Morgan fingerprint density at radius 3 is 2.65 bits per heavy atom. The van der Waals surface area contributed by atoms with Crippen LogP contribution in [0.2, 0.25) is 0 Å². The van der Waals surface area contributed by atoms with E-state index in [-0.39, 0.29) is 11.3 Å². The third-order valence-corrected chi connectivity index (χ3v) is 8.13. The van der Waals surface area contributed by atoms with E-state index in [0.29, 0.717) is 18.1 Å². The number of hydrogen-bond donors (Lipinski definition) is 2. The van der Waals surface area contributed by atoms with Gasteiger partial charge in [0.15, 0.2) is 5.82 Å². The van der Waals surface area contributed by atoms with E-state index in [2.05, 4.69) is 61.8 Å². The first kappa shape index (κ1) is 19.3. The minimum Gasteiger partial charge on any atom is -0.352 e. The van der Waals surface area contributed by atoms with E-state index >= 15 is 0 Å². The molecule has 3 aliphatic heterocycles. The van der Waals surface area contributed by atoms with E-state index in [1.54, 1.807) is 11.8 Å². The number of nitrogens with zero attached hydrogens (tertiary/aromatic N) is 5. The van der Waals surface area contributed by atoms with Crippen LogP contribution in [-0.4, -0.2) is 61.9 Å². The molecule has 8 heteroatoms. The molecule has 3 unspecified atom stereocenters. The highest BCUT2D eigenvalue weighted by atomic mass is 32.2. The largest absolute Gasteiger partial charge is 0.352 e. The monoisotopic (exact) mass is 433 g/mol. The van der Waals surface area contributed by atoms with Crippen LogP contribution in [-0.2, 0) is 0 Å². The summed E-state index contributed by atoms with van der Waals surface area (Å²) in [7, 11) is 0. The summed E-state index contributed by atoms with van der Waals surface area (Å²) in [6.45, 7) is 3.19. The SMILES string of the molecule is CCN(c1ccc(C2=CC=C(c3cn[nH]c3)C3N=CSC23)nn1)C1C[C@H]2CC[C@@H](C1)N2. The highest BCUT2D eigenvalue weighted by Crippen LogP contribution is 2.42. The van der Waals surface area contributed by atoms with Crippen molar-refractivity contribution in [3.63, 3.8) is 0 Å². The second-order valence-corrected chi connectivity index (χ2v) is 9.80. The Labute approximate surface area is 186 Å². The number of thioether (sulfide) groups is 1. The van der Waals surface area contributed by atoms with E-state index in [1.807, 2.05) is 17.9 Å². The maximum atomic E-state index is 4.74. The van der Waals surface area contributed by atoms with E-state index < -0.39 is 0 Å². The number of allylic oxidation sites excluding steroid dienone is 2. The van der Waals surface area contributed by atoms with Crippen LogP contribution in [0.5, 0.6) is 0 Å². The number of aromatic nitrogens is 4. The molecule has 2 fully saturated rings. The predicted octanol–water partition coefficient (Wildman–Crippen LogP) is 3.30. The van der Waals surface area contributed by atoms with Gasteiger partial charge in [-0.2, -0.15) is 5.10 Å². The van der Waals surface area contributed by atoms with Crippen molar-refractivity contribution in [3.05, 3.63) is 47.9 Å². The first-order valence-corrected chi connectivity index (χ1v) is 12.2. The van der Waals surface area contributed by atoms with Gasteiger partial charge in [0.2, 0.25) is 0 Å². The second kappa shape index (κ2) is 7.91. The Bertz CT molecular complexity index is 1010. The maximum absolute atomic E-state index is 4.74. The fourth-order valence-corrected chi connectivity index (χ4v) is 6.65. The summed E-state index contributed by atoms with van der Waals surface area (Å²) in [6, 6.07) is 6.29. The zero-order valence-electron chi connectivity index (χ0n) is 17.6. The number of aliphatic imine (C=N–C) groups is 1. The van der Waals surface area contributed by atoms with Crippen LogP contribution >= 0.6 is 11.8 Å². The van der Waals surface area contributed by atoms with Gasteiger partial charge in [0.1, 0.15) is 0 Å². The molecule has 4 aliphatic rings. The minimum absolute atomic E-state index is 0.0985. The molecule has 5 heterocycles. The van der Waals surface area contributed by atoms with Gasteiger partial charge in [-0.25, -0.2) is 0 Å². The first-order chi connectivity index (χ1) is 15.3. The average molecular weight is 434 g/mol. The molecule has 2 saturated heterocycles. The fraction of sp³-hybridized carbons (Fsp3) is 0.478. The van der Waals surface area contributed by atoms with Crippen LogP contribution in [0.3, 0.4) is 0 Å². The molecular weight excluding hydrogens is 406 g/mol. The fourth-order valence-electron chi connectivity index (χ4n) is 5.61. The number of anilines is 1. The Morgan fingerprint density at radius 2 is 1.94 bits per heavy atom. The lowest BCUT2D eigenvalue weighted by molar-refractivity contribution is 0.347. The van der Waals surface area contributed by atoms with Gasteiger partial charge in [0, 0.05) is 36.4 Å². The number of piperidine rings is 1. The number of fused-ring (bicyclic) bond motifs is 3. The Kier molecular flexibility index (Phi) is 4.91. The summed E-state index contributed by atoms with van der Waals surface area (Å²) in [5.74, 6) is 0.996. The maximum Gasteiger partial charge on any atom is 0.151 e. The Morgan fingerprint density at radius 1 is 1.10 bits per heavy atom. The molecule has 6 rings (SSSR count). The summed E-state index contributed by atoms with van der Waals surface area (Å²) in [4.78, 5) is 7.19. The lowest BCUT2D eigenvalue weighted by Crippen LogP contribution is -2.48. The minimum atomic E-state index is 0.0985. The zero-order chi connectivity index (χ0) is 20.8. The number of rotatable bonds is 5. The number of nitrogens with one attached hydrogen (secondary N) is 2. The van der Waals surface area contributed by atoms with Gasteiger partial charge in [-0.05, 0) is 55.9 Å². The smallest absolute Gasteiger partial charge is 0.151 e. The van der Waals surface area contributed by atoms with Crippen molar-refractivity contribution in [2.75, 3.05) is 11.4 Å². The van der Waals surface area contributed by atoms with Crippen LogP contribution in [0.15, 0.2) is 41.7 Å². The molecule has 2 bridgehead atoms. The Hall–Kier alpha value is -2.45. The number of aromatic amines is 1. The highest BCUT2D eigenvalue weighted by molar-refractivity contribution is 8.13. The first-order valence-electron chi connectivity index (χ1n) is 11.2. The standard InChI is InChI=1S/C23H27N7S/c1-2-30(17-9-15-3-4-16(10-17)27-15)21-8-7-20(28-29-21)19-6-5-18(14-11-25-26-12-14)22-23(19)31-13-24-22/h5-8,11-13,15-17,22-23,27H,2-4,9-10H2,1H3,(H,25,26)/t15-,16+,17?,22?,23?. The molecule has 2 aromatic rings. The summed E-state index contributed by atoms with van der Waals surface area (Å²) in [5.41, 5.74) is 6.41. The third-order valence-electron chi connectivity index (χ3n) is 7.09. The molecule has 0 aromatic carbocycles. The highest BCUT2D eigenvalue weighted by Gasteiger charge is 2.37. The molecule has 7 nitrogen and oxygen atoms in total. The van der Waals surface area contributed by atoms with E-state index in [1.165, 1.54) is 36.8 Å². The van der Waals surface area contributed by atoms with Crippen LogP contribution in [0.25, 0.3) is 11.1 Å². The van der Waals surface area contributed by atoms with Crippen LogP contribution in [0.4, 0.5) is 5.82 Å². The quantitative estimate of drug-likeness (QED) is 0.753. The predicted molar refractivity (Wildman–Crippen MR) is 126 cm³/mol. The van der Waals surface area contributed by atoms with Gasteiger partial charge in [-0.3, -0.25) is 10.1 Å². The van der Waals surface area contributed by atoms with Crippen molar-refractivity contribution >= 4 is 34.3 Å². The molecular formula is C23H27N7S. The molecule has 0 amide bonds. The lowest BCUT2D eigenvalue weighted by Gasteiger charge is -2.37. The lowest BCUT2D eigenvalue weighted by atomic mass is 9.88. The normalized spacial score (nSPS) is 31.3. The van der Waals surface area contributed by atoms with E-state index in [4.69, 9.17) is 4.99 Å². The van der Waals surface area contributed by atoms with Crippen molar-refractivity contribution in [3.8, 4) is 0 Å². The molecule has 2 N–H and O–H groups in total. The topological polar surface area (TPSA) is 82.1 Å². The summed E-state index contributed by atoms with van der Waals surface area (Å²) < 4.78 is 0. The molecule has 0 spiro atoms. The molecule has 0 radical (unpaired) electrons. The van der Waals surface area contributed by atoms with Crippen molar-refractivity contribution in [2.45, 2.75) is 62.0 Å². The third kappa shape index (κ3) is 3.42. The molecule has 0 saturated carbocycles. The van der Waals surface area contributed by atoms with Crippen molar-refractivity contribution in [2.24, 2.45) is 4.99 Å². The van der Waals surface area contributed by atoms with Gasteiger partial charge in [0.25, 0.3) is 0 Å². The Balaban J connectivity index is 1.26. The molecule has 160 valence electrons. The van der Waals surface area contributed by atoms with E-state index in [9.17, 15) is 0 Å². The average Bonchev–Trinajstić information content (AvgIpc) is 3.56. The van der Waals surface area contributed by atoms with Gasteiger partial charge in [0.05, 0.1) is 28.7 Å². The summed E-state index contributed by atoms with van der Waals surface area (Å²) in [5, 5.41) is 20.3. The number of hydrogen-bond acceptors (Lipinski definition) is 7. The van der Waals surface area contributed by atoms with Crippen LogP contribution < -0.4 is 10.2 Å². The van der Waals surface area contributed by atoms with Gasteiger partial charge < -0.3 is 10.2 Å². The molecule has 1 aliphatic carbocycles. The zero-order valence-corrected chi connectivity index (χ0v) is 18.4. The van der Waals surface area contributed by atoms with Gasteiger partial charge >= 0.3 is 0 Å². The van der Waals surface area contributed by atoms with Crippen LogP contribution in [0, 0.1) is 0 Å². The summed E-state index contributed by atoms with van der Waals surface area (Å²) >= 11 is 1.76. The molecule has 31 heavy (non-hydrogen) atoms. The number of H-pyrrole nitrogens is 1. The van der Waals surface area contributed by atoms with Crippen molar-refractivity contribution in [1.82, 2.24) is 25.7 Å². The van der Waals surface area contributed by atoms with Crippen molar-refractivity contribution in [1.29, 1.82) is 0 Å². The van der Waals surface area contributed by atoms with Gasteiger partial charge in [-0.1, -0.05) is 12.2 Å². The van der Waals surface area contributed by atoms with Crippen LogP contribution in [0.1, 0.15) is 43.9 Å². The second-order valence-electron chi connectivity index (χ2n) is 8.81. The summed E-state index contributed by atoms with van der Waals surface area (Å²) in [6.07, 6.45) is 13.2. The molecule has 5 atom stereocenters. The molecule has 2 aromatic heterocycles. The van der Waals surface area contributed by atoms with Crippen molar-refractivity contribution < 1.29 is 0 Å².